The average Bonchev–Trinajstić information content (AvgIpc) is 2.29. The van der Waals surface area contributed by atoms with Crippen LogP contribution in [-0.2, 0) is 4.79 Å². The third kappa shape index (κ3) is 16.2. The van der Waals surface area contributed by atoms with Gasteiger partial charge in [0, 0.05) is 0 Å². The van der Waals surface area contributed by atoms with Gasteiger partial charge in [0.25, 0.3) is 0 Å². The topological polar surface area (TPSA) is 40.9 Å². The Hall–Kier alpha value is -0.490. The number of rotatable bonds is 5. The lowest BCUT2D eigenvalue weighted by molar-refractivity contribution is -0.119. The van der Waals surface area contributed by atoms with E-state index < -0.39 is 0 Å². The molecular weight excluding hydrogens is 206 g/mol. The quantitative estimate of drug-likeness (QED) is 0.674. The molecule has 0 fully saturated rings. The molecule has 0 aromatic rings. The summed E-state index contributed by atoms with van der Waals surface area (Å²) in [6.07, 6.45) is 0.699. The number of nitrogens with zero attached hydrogens (tertiary/aromatic N) is 1. The van der Waals surface area contributed by atoms with E-state index in [2.05, 4.69) is 6.92 Å². The van der Waals surface area contributed by atoms with Gasteiger partial charge in [-0.25, -0.2) is 0 Å². The monoisotopic (exact) mass is 231 g/mol. The standard InChI is InChI=1S/C8H13NOS.2C2H6/c1-3-11-5-4-8(6-9)7(2)10;2*1-2/h8H,3-5H2,1-2H3;2*1-2H3. The fraction of sp³-hybridized carbons (Fsp3) is 0.833. The first-order chi connectivity index (χ1) is 7.22. The highest BCUT2D eigenvalue weighted by Crippen LogP contribution is 2.09. The molecule has 0 aliphatic carbocycles. The molecule has 0 radical (unpaired) electrons. The molecule has 15 heavy (non-hydrogen) atoms. The molecule has 2 nitrogen and oxygen atoms in total. The molecule has 0 spiro atoms. The molecule has 0 aromatic heterocycles. The Morgan fingerprint density at radius 2 is 1.80 bits per heavy atom. The zero-order chi connectivity index (χ0) is 12.7. The van der Waals surface area contributed by atoms with Crippen molar-refractivity contribution >= 4 is 17.5 Å². The molecule has 0 heterocycles. The van der Waals surface area contributed by atoms with E-state index in [0.29, 0.717) is 6.42 Å². The highest BCUT2D eigenvalue weighted by Gasteiger charge is 2.11. The number of ketones is 1. The maximum atomic E-state index is 10.7. The third-order valence-corrected chi connectivity index (χ3v) is 2.33. The average molecular weight is 231 g/mol. The Balaban J connectivity index is -0.000000318. The minimum atomic E-state index is -0.381. The van der Waals surface area contributed by atoms with Crippen LogP contribution >= 0.6 is 11.8 Å². The maximum absolute atomic E-state index is 10.7. The van der Waals surface area contributed by atoms with Crippen LogP contribution in [0.1, 0.15) is 48.0 Å². The van der Waals surface area contributed by atoms with Crippen molar-refractivity contribution < 1.29 is 4.79 Å². The summed E-state index contributed by atoms with van der Waals surface area (Å²) in [5, 5.41) is 8.52. The van der Waals surface area contributed by atoms with E-state index >= 15 is 0 Å². The lowest BCUT2D eigenvalue weighted by Crippen LogP contribution is -2.09. The second-order valence-corrected chi connectivity index (χ2v) is 3.67. The Morgan fingerprint density at radius 1 is 1.33 bits per heavy atom. The molecule has 0 aliphatic rings. The van der Waals surface area contributed by atoms with Crippen LogP contribution in [0.4, 0.5) is 0 Å². The van der Waals surface area contributed by atoms with Crippen LogP contribution in [0.3, 0.4) is 0 Å². The summed E-state index contributed by atoms with van der Waals surface area (Å²) in [6.45, 7) is 11.5. The molecule has 0 aliphatic heterocycles. The van der Waals surface area contributed by atoms with Crippen molar-refractivity contribution in [1.29, 1.82) is 5.26 Å². The molecule has 90 valence electrons. The Morgan fingerprint density at radius 3 is 2.07 bits per heavy atom. The van der Waals surface area contributed by atoms with E-state index in [0.717, 1.165) is 11.5 Å². The normalized spacial score (nSPS) is 9.67. The van der Waals surface area contributed by atoms with Crippen LogP contribution in [0, 0.1) is 17.2 Å². The van der Waals surface area contributed by atoms with Crippen molar-refractivity contribution in [2.24, 2.45) is 5.92 Å². The van der Waals surface area contributed by atoms with Gasteiger partial charge < -0.3 is 0 Å². The Labute approximate surface area is 99.4 Å². The van der Waals surface area contributed by atoms with Gasteiger partial charge >= 0.3 is 0 Å². The summed E-state index contributed by atoms with van der Waals surface area (Å²) in [7, 11) is 0. The number of carbonyl (C=O) groups excluding carboxylic acids is 1. The number of hydrogen-bond donors (Lipinski definition) is 0. The van der Waals surface area contributed by atoms with Crippen LogP contribution in [-0.4, -0.2) is 17.3 Å². The SMILES string of the molecule is CC.CC.CCSCCC(C#N)C(C)=O. The molecule has 0 bridgehead atoms. The van der Waals surface area contributed by atoms with Gasteiger partial charge in [-0.3, -0.25) is 4.79 Å². The maximum Gasteiger partial charge on any atom is 0.146 e. The van der Waals surface area contributed by atoms with Crippen molar-refractivity contribution in [2.45, 2.75) is 48.0 Å². The van der Waals surface area contributed by atoms with Gasteiger partial charge in [0.1, 0.15) is 11.7 Å². The first kappa shape index (κ1) is 20.0. The Bertz CT molecular complexity index is 163. The lowest BCUT2D eigenvalue weighted by atomic mass is 10.1. The van der Waals surface area contributed by atoms with Crippen LogP contribution in [0.15, 0.2) is 0 Å². The van der Waals surface area contributed by atoms with Gasteiger partial charge in [-0.1, -0.05) is 34.6 Å². The highest BCUT2D eigenvalue weighted by atomic mass is 32.2. The number of Topliss-reactive ketones (excluding diaryl/α,β-unsaturated/α-hetero) is 1. The van der Waals surface area contributed by atoms with Gasteiger partial charge in [-0.2, -0.15) is 17.0 Å². The van der Waals surface area contributed by atoms with E-state index in [4.69, 9.17) is 5.26 Å². The van der Waals surface area contributed by atoms with E-state index in [1.165, 1.54) is 6.92 Å². The first-order valence-corrected chi connectivity index (χ1v) is 6.85. The smallest absolute Gasteiger partial charge is 0.146 e. The van der Waals surface area contributed by atoms with Crippen LogP contribution < -0.4 is 0 Å². The molecule has 0 saturated heterocycles. The highest BCUT2D eigenvalue weighted by molar-refractivity contribution is 7.99. The number of thioether (sulfide) groups is 1. The molecule has 0 N–H and O–H groups in total. The van der Waals surface area contributed by atoms with E-state index in [1.54, 1.807) is 11.8 Å². The molecule has 0 saturated carbocycles. The van der Waals surface area contributed by atoms with Gasteiger partial charge in [-0.05, 0) is 24.9 Å². The van der Waals surface area contributed by atoms with Gasteiger partial charge in [0.2, 0.25) is 0 Å². The van der Waals surface area contributed by atoms with Crippen LogP contribution in [0.5, 0.6) is 0 Å². The van der Waals surface area contributed by atoms with Crippen molar-refractivity contribution in [3.05, 3.63) is 0 Å². The summed E-state index contributed by atoms with van der Waals surface area (Å²) in [6, 6.07) is 2.00. The predicted molar refractivity (Wildman–Crippen MR) is 70.1 cm³/mol. The van der Waals surface area contributed by atoms with Crippen molar-refractivity contribution in [2.75, 3.05) is 11.5 Å². The summed E-state index contributed by atoms with van der Waals surface area (Å²) in [5.41, 5.74) is 0. The summed E-state index contributed by atoms with van der Waals surface area (Å²) >= 11 is 1.77. The summed E-state index contributed by atoms with van der Waals surface area (Å²) in [5.74, 6) is 1.57. The first-order valence-electron chi connectivity index (χ1n) is 5.70. The number of hydrogen-bond acceptors (Lipinski definition) is 3. The summed E-state index contributed by atoms with van der Waals surface area (Å²) < 4.78 is 0. The fourth-order valence-corrected chi connectivity index (χ4v) is 1.40. The molecule has 1 unspecified atom stereocenters. The molecule has 0 aromatic carbocycles. The van der Waals surface area contributed by atoms with Crippen molar-refractivity contribution in [1.82, 2.24) is 0 Å². The second kappa shape index (κ2) is 19.1. The van der Waals surface area contributed by atoms with Crippen LogP contribution in [0.2, 0.25) is 0 Å². The van der Waals surface area contributed by atoms with E-state index in [1.807, 2.05) is 33.8 Å². The molecular formula is C12H25NOS. The zero-order valence-corrected chi connectivity index (χ0v) is 11.8. The van der Waals surface area contributed by atoms with E-state index in [9.17, 15) is 4.79 Å². The largest absolute Gasteiger partial charge is 0.299 e. The van der Waals surface area contributed by atoms with Gasteiger partial charge in [-0.15, -0.1) is 0 Å². The van der Waals surface area contributed by atoms with Crippen molar-refractivity contribution in [3.8, 4) is 6.07 Å². The van der Waals surface area contributed by atoms with Gasteiger partial charge in [0.15, 0.2) is 0 Å². The molecule has 3 heteroatoms. The number of carbonyl (C=O) groups is 1. The second-order valence-electron chi connectivity index (χ2n) is 2.28. The van der Waals surface area contributed by atoms with Crippen LogP contribution in [0.25, 0.3) is 0 Å². The predicted octanol–water partition coefficient (Wildman–Crippen LogP) is 3.91. The summed E-state index contributed by atoms with van der Waals surface area (Å²) in [4.78, 5) is 10.7. The number of nitriles is 1. The van der Waals surface area contributed by atoms with Gasteiger partial charge in [0.05, 0.1) is 6.07 Å². The molecule has 1 atom stereocenters. The Kier molecular flexibility index (Phi) is 25.5. The molecule has 0 amide bonds. The minimum Gasteiger partial charge on any atom is -0.299 e. The third-order valence-electron chi connectivity index (χ3n) is 1.40. The van der Waals surface area contributed by atoms with E-state index in [-0.39, 0.29) is 11.7 Å². The zero-order valence-electron chi connectivity index (χ0n) is 11.0. The minimum absolute atomic E-state index is 0.01000. The molecule has 0 rings (SSSR count). The fourth-order valence-electron chi connectivity index (χ4n) is 0.704. The lowest BCUT2D eigenvalue weighted by Gasteiger charge is -2.02. The van der Waals surface area contributed by atoms with Crippen molar-refractivity contribution in [3.63, 3.8) is 0 Å².